The minimum Gasteiger partial charge on any atom is -0.503 e. The highest BCUT2D eigenvalue weighted by Gasteiger charge is 2.10. The van der Waals surface area contributed by atoms with Crippen molar-refractivity contribution in [3.05, 3.63) is 39.8 Å². The third-order valence-corrected chi connectivity index (χ3v) is 4.54. The van der Waals surface area contributed by atoms with Crippen LogP contribution in [0.15, 0.2) is 28.7 Å². The summed E-state index contributed by atoms with van der Waals surface area (Å²) in [4.78, 5) is 14.0. The van der Waals surface area contributed by atoms with E-state index >= 15 is 0 Å². The Hall–Kier alpha value is -1.55. The van der Waals surface area contributed by atoms with Crippen molar-refractivity contribution in [3.63, 3.8) is 0 Å². The van der Waals surface area contributed by atoms with E-state index < -0.39 is 0 Å². The van der Waals surface area contributed by atoms with E-state index in [0.29, 0.717) is 0 Å². The van der Waals surface area contributed by atoms with Crippen molar-refractivity contribution in [1.82, 2.24) is 9.47 Å². The van der Waals surface area contributed by atoms with Crippen molar-refractivity contribution in [2.75, 3.05) is 13.1 Å². The fraction of sp³-hybridized carbons (Fsp3) is 0.611. The molecule has 1 aromatic heterocycles. The molecule has 0 unspecified atom stereocenters. The van der Waals surface area contributed by atoms with Crippen LogP contribution in [0.4, 0.5) is 0 Å². The highest BCUT2D eigenvalue weighted by molar-refractivity contribution is 5.21. The molecule has 0 aliphatic heterocycles. The van der Waals surface area contributed by atoms with Crippen LogP contribution in [0.1, 0.15) is 51.6 Å². The summed E-state index contributed by atoms with van der Waals surface area (Å²) in [5.41, 5.74) is 2.22. The molecule has 0 saturated heterocycles. The molecule has 0 fully saturated rings. The van der Waals surface area contributed by atoms with Gasteiger partial charge in [0, 0.05) is 24.8 Å². The number of pyridine rings is 1. The second-order valence-corrected chi connectivity index (χ2v) is 6.03. The predicted octanol–water partition coefficient (Wildman–Crippen LogP) is 3.29. The molecule has 1 aliphatic carbocycles. The highest BCUT2D eigenvalue weighted by atomic mass is 16.3. The van der Waals surface area contributed by atoms with Crippen molar-refractivity contribution in [2.45, 2.75) is 59.0 Å². The van der Waals surface area contributed by atoms with Crippen LogP contribution < -0.4 is 5.43 Å². The zero-order valence-electron chi connectivity index (χ0n) is 13.8. The molecular weight excluding hydrogens is 276 g/mol. The molecule has 1 aliphatic rings. The topological polar surface area (TPSA) is 45.5 Å². The summed E-state index contributed by atoms with van der Waals surface area (Å²) in [5, 5.41) is 9.75. The first-order valence-electron chi connectivity index (χ1n) is 8.46. The van der Waals surface area contributed by atoms with Crippen molar-refractivity contribution in [2.24, 2.45) is 0 Å². The normalized spacial score (nSPS) is 15.1. The number of aryl methyl sites for hydroxylation is 1. The van der Waals surface area contributed by atoms with Crippen LogP contribution in [-0.4, -0.2) is 27.7 Å². The summed E-state index contributed by atoms with van der Waals surface area (Å²) in [6, 6.07) is 1.59. The maximum Gasteiger partial charge on any atom is 0.223 e. The van der Waals surface area contributed by atoms with E-state index in [-0.39, 0.29) is 11.2 Å². The molecule has 0 bridgehead atoms. The smallest absolute Gasteiger partial charge is 0.223 e. The van der Waals surface area contributed by atoms with Crippen molar-refractivity contribution in [3.8, 4) is 5.75 Å². The summed E-state index contributed by atoms with van der Waals surface area (Å²) in [6.07, 6.45) is 9.94. The van der Waals surface area contributed by atoms with Crippen LogP contribution in [0.25, 0.3) is 0 Å². The highest BCUT2D eigenvalue weighted by Crippen LogP contribution is 2.21. The number of nitrogens with zero attached hydrogens (tertiary/aromatic N) is 2. The lowest BCUT2D eigenvalue weighted by Crippen LogP contribution is -2.26. The summed E-state index contributed by atoms with van der Waals surface area (Å²) >= 11 is 0. The molecule has 0 aromatic carbocycles. The SMILES string of the molecule is CCN(CC)Cc1cc(=O)c(O)cn1CCC1=CCCCC1. The van der Waals surface area contributed by atoms with Crippen LogP contribution >= 0.6 is 0 Å². The van der Waals surface area contributed by atoms with Crippen LogP contribution in [0.3, 0.4) is 0 Å². The lowest BCUT2D eigenvalue weighted by atomic mass is 9.97. The van der Waals surface area contributed by atoms with Crippen LogP contribution in [0.2, 0.25) is 0 Å². The Kier molecular flexibility index (Phi) is 6.25. The van der Waals surface area contributed by atoms with Gasteiger partial charge in [0.25, 0.3) is 0 Å². The zero-order valence-corrected chi connectivity index (χ0v) is 13.8. The molecule has 1 N–H and O–H groups in total. The second-order valence-electron chi connectivity index (χ2n) is 6.03. The molecule has 0 atom stereocenters. The maximum atomic E-state index is 11.8. The Balaban J connectivity index is 2.15. The van der Waals surface area contributed by atoms with Gasteiger partial charge in [0.05, 0.1) is 6.20 Å². The van der Waals surface area contributed by atoms with Gasteiger partial charge in [-0.3, -0.25) is 9.69 Å². The molecule has 122 valence electrons. The first-order valence-corrected chi connectivity index (χ1v) is 8.46. The molecule has 0 radical (unpaired) electrons. The first-order chi connectivity index (χ1) is 10.6. The van der Waals surface area contributed by atoms with Gasteiger partial charge in [-0.25, -0.2) is 0 Å². The molecule has 0 spiro atoms. The van der Waals surface area contributed by atoms with Gasteiger partial charge in [-0.2, -0.15) is 0 Å². The van der Waals surface area contributed by atoms with Crippen molar-refractivity contribution in [1.29, 1.82) is 0 Å². The summed E-state index contributed by atoms with van der Waals surface area (Å²) in [7, 11) is 0. The fourth-order valence-electron chi connectivity index (χ4n) is 3.02. The lowest BCUT2D eigenvalue weighted by molar-refractivity contribution is 0.285. The Bertz CT molecular complexity index is 571. The van der Waals surface area contributed by atoms with Gasteiger partial charge >= 0.3 is 0 Å². The number of hydrogen-bond acceptors (Lipinski definition) is 3. The average molecular weight is 304 g/mol. The molecule has 4 heteroatoms. The molecule has 2 rings (SSSR count). The predicted molar refractivity (Wildman–Crippen MR) is 90.2 cm³/mol. The summed E-state index contributed by atoms with van der Waals surface area (Å²) in [5.74, 6) is -0.152. The zero-order chi connectivity index (χ0) is 15.9. The number of allylic oxidation sites excluding steroid dienone is 2. The van der Waals surface area contributed by atoms with Crippen molar-refractivity contribution >= 4 is 0 Å². The van der Waals surface area contributed by atoms with Gasteiger partial charge in [-0.05, 0) is 45.2 Å². The van der Waals surface area contributed by atoms with Crippen LogP contribution in [0, 0.1) is 0 Å². The van der Waals surface area contributed by atoms with Gasteiger partial charge in [-0.1, -0.05) is 25.5 Å². The molecule has 0 amide bonds. The van der Waals surface area contributed by atoms with Gasteiger partial charge in [-0.15, -0.1) is 0 Å². The number of hydrogen-bond donors (Lipinski definition) is 1. The largest absolute Gasteiger partial charge is 0.503 e. The van der Waals surface area contributed by atoms with Crippen LogP contribution in [0.5, 0.6) is 5.75 Å². The minimum absolute atomic E-state index is 0.152. The van der Waals surface area contributed by atoms with Gasteiger partial charge in [0.15, 0.2) is 5.75 Å². The third-order valence-electron chi connectivity index (χ3n) is 4.54. The number of aromatic hydroxyl groups is 1. The summed E-state index contributed by atoms with van der Waals surface area (Å²) in [6.45, 7) is 7.74. The van der Waals surface area contributed by atoms with E-state index in [2.05, 4.69) is 24.8 Å². The monoisotopic (exact) mass is 304 g/mol. The van der Waals surface area contributed by atoms with Gasteiger partial charge in [0.2, 0.25) is 5.43 Å². The first kappa shape index (κ1) is 16.8. The van der Waals surface area contributed by atoms with E-state index in [4.69, 9.17) is 0 Å². The molecular formula is C18H28N2O2. The average Bonchev–Trinajstić information content (AvgIpc) is 2.55. The van der Waals surface area contributed by atoms with Crippen LogP contribution in [-0.2, 0) is 13.1 Å². The Labute approximate surface area is 133 Å². The molecule has 0 saturated carbocycles. The van der Waals surface area contributed by atoms with Gasteiger partial charge < -0.3 is 9.67 Å². The second kappa shape index (κ2) is 8.18. The molecule has 1 heterocycles. The number of rotatable bonds is 7. The lowest BCUT2D eigenvalue weighted by Gasteiger charge is -2.22. The van der Waals surface area contributed by atoms with E-state index in [1.54, 1.807) is 12.3 Å². The Morgan fingerprint density at radius 1 is 1.27 bits per heavy atom. The Morgan fingerprint density at radius 3 is 2.68 bits per heavy atom. The minimum atomic E-state index is -0.282. The fourth-order valence-corrected chi connectivity index (χ4v) is 3.02. The van der Waals surface area contributed by atoms with Gasteiger partial charge in [0.1, 0.15) is 0 Å². The van der Waals surface area contributed by atoms with E-state index in [1.165, 1.54) is 31.3 Å². The quantitative estimate of drug-likeness (QED) is 0.786. The maximum absolute atomic E-state index is 11.8. The Morgan fingerprint density at radius 2 is 2.05 bits per heavy atom. The summed E-state index contributed by atoms with van der Waals surface area (Å²) < 4.78 is 2.05. The molecule has 4 nitrogen and oxygen atoms in total. The van der Waals surface area contributed by atoms with E-state index in [1.807, 2.05) is 4.57 Å². The molecule has 22 heavy (non-hydrogen) atoms. The molecule has 1 aromatic rings. The number of aromatic nitrogens is 1. The van der Waals surface area contributed by atoms with E-state index in [0.717, 1.165) is 38.3 Å². The third kappa shape index (κ3) is 4.47. The van der Waals surface area contributed by atoms with E-state index in [9.17, 15) is 9.90 Å². The standard InChI is InChI=1S/C18H28N2O2/c1-3-19(4-2)13-16-12-17(21)18(22)14-20(16)11-10-15-8-6-5-7-9-15/h8,12,14,22H,3-7,9-11,13H2,1-2H3. The van der Waals surface area contributed by atoms with Crippen molar-refractivity contribution < 1.29 is 5.11 Å².